The van der Waals surface area contributed by atoms with Crippen LogP contribution in [-0.4, -0.2) is 28.4 Å². The fourth-order valence-electron chi connectivity index (χ4n) is 3.96. The van der Waals surface area contributed by atoms with Gasteiger partial charge in [0.25, 0.3) is 5.56 Å². The molecule has 37 heavy (non-hydrogen) atoms. The monoisotopic (exact) mass is 557 g/mol. The summed E-state index contributed by atoms with van der Waals surface area (Å²) in [7, 11) is 1.31. The van der Waals surface area contributed by atoms with Crippen LogP contribution in [0.15, 0.2) is 53.5 Å². The highest BCUT2D eigenvalue weighted by molar-refractivity contribution is 6.33. The van der Waals surface area contributed by atoms with E-state index in [1.54, 1.807) is 6.92 Å². The van der Waals surface area contributed by atoms with E-state index in [0.29, 0.717) is 0 Å². The van der Waals surface area contributed by atoms with Gasteiger partial charge in [-0.1, -0.05) is 36.2 Å². The maximum Gasteiger partial charge on any atom is 0.422 e. The van der Waals surface area contributed by atoms with Crippen molar-refractivity contribution >= 4 is 29.2 Å². The van der Waals surface area contributed by atoms with Gasteiger partial charge >= 0.3 is 12.1 Å². The molecule has 0 radical (unpaired) electrons. The van der Waals surface area contributed by atoms with Crippen molar-refractivity contribution in [2.24, 2.45) is 7.05 Å². The number of aliphatic hydroxyl groups is 1. The molecule has 0 bridgehead atoms. The minimum absolute atomic E-state index is 0.00339. The van der Waals surface area contributed by atoms with E-state index in [2.05, 4.69) is 0 Å². The fourth-order valence-corrected chi connectivity index (χ4v) is 4.49. The van der Waals surface area contributed by atoms with E-state index in [1.165, 1.54) is 57.3 Å². The molecule has 0 spiro atoms. The van der Waals surface area contributed by atoms with E-state index in [9.17, 15) is 27.9 Å². The van der Waals surface area contributed by atoms with Crippen LogP contribution >= 0.6 is 23.2 Å². The van der Waals surface area contributed by atoms with Crippen molar-refractivity contribution in [2.45, 2.75) is 38.5 Å². The molecule has 11 heteroatoms. The number of halogens is 5. The second-order valence-electron chi connectivity index (χ2n) is 8.46. The van der Waals surface area contributed by atoms with Gasteiger partial charge < -0.3 is 19.1 Å². The average Bonchev–Trinajstić information content (AvgIpc) is 2.82. The predicted octanol–water partition coefficient (Wildman–Crippen LogP) is 6.52. The van der Waals surface area contributed by atoms with Crippen LogP contribution in [0, 0.1) is 6.92 Å². The summed E-state index contributed by atoms with van der Waals surface area (Å²) >= 11 is 12.4. The van der Waals surface area contributed by atoms with E-state index in [0.717, 1.165) is 16.8 Å². The van der Waals surface area contributed by atoms with Crippen molar-refractivity contribution in [3.63, 3.8) is 0 Å². The van der Waals surface area contributed by atoms with Gasteiger partial charge in [-0.25, -0.2) is 4.79 Å². The number of carbonyl (C=O) groups is 1. The molecule has 0 saturated heterocycles. The van der Waals surface area contributed by atoms with Crippen LogP contribution in [0.5, 0.6) is 11.5 Å². The summed E-state index contributed by atoms with van der Waals surface area (Å²) in [6.45, 7) is 4.37. The van der Waals surface area contributed by atoms with Gasteiger partial charge in [-0.3, -0.25) is 4.79 Å². The standard InChI is InChI=1S/C26H24Cl2F3NO5/c1-5-36-24(34)20-11-17(7-9-21(20)27)37-18-6-8-19(22(28)12-18)15(3)25(35,26(29,30)31)16-10-14(2)23(33)32(4)13-16/h6-13,15,35H,5H2,1-4H3. The van der Waals surface area contributed by atoms with Crippen molar-refractivity contribution in [1.82, 2.24) is 4.57 Å². The van der Waals surface area contributed by atoms with E-state index < -0.39 is 34.8 Å². The smallest absolute Gasteiger partial charge is 0.422 e. The molecule has 2 atom stereocenters. The summed E-state index contributed by atoms with van der Waals surface area (Å²) in [5, 5.41) is 11.1. The number of aryl methyl sites for hydroxylation is 2. The lowest BCUT2D eigenvalue weighted by Gasteiger charge is -2.37. The first kappa shape index (κ1) is 28.6. The second-order valence-corrected chi connectivity index (χ2v) is 9.28. The Labute approximate surface area is 221 Å². The molecule has 0 fully saturated rings. The summed E-state index contributed by atoms with van der Waals surface area (Å²) in [6.07, 6.45) is -4.13. The number of alkyl halides is 3. The second kappa shape index (κ2) is 10.8. The highest BCUT2D eigenvalue weighted by Gasteiger charge is 2.59. The summed E-state index contributed by atoms with van der Waals surface area (Å²) < 4.78 is 54.6. The Morgan fingerprint density at radius 2 is 1.70 bits per heavy atom. The number of ether oxygens (including phenoxy) is 2. The summed E-state index contributed by atoms with van der Waals surface area (Å²) in [6, 6.07) is 9.35. The Morgan fingerprint density at radius 1 is 1.08 bits per heavy atom. The van der Waals surface area contributed by atoms with Crippen LogP contribution in [0.3, 0.4) is 0 Å². The van der Waals surface area contributed by atoms with E-state index in [4.69, 9.17) is 32.7 Å². The summed E-state index contributed by atoms with van der Waals surface area (Å²) in [5.74, 6) is -1.81. The SMILES string of the molecule is CCOC(=O)c1cc(Oc2ccc(C(C)C(O)(c3cc(C)c(=O)n(C)c3)C(F)(F)F)c(Cl)c2)ccc1Cl. The third-order valence-corrected chi connectivity index (χ3v) is 6.63. The molecular weight excluding hydrogens is 534 g/mol. The fraction of sp³-hybridized carbons (Fsp3) is 0.308. The zero-order chi connectivity index (χ0) is 27.7. The van der Waals surface area contributed by atoms with Crippen molar-refractivity contribution in [1.29, 1.82) is 0 Å². The third-order valence-electron chi connectivity index (χ3n) is 5.97. The van der Waals surface area contributed by atoms with Crippen LogP contribution in [0.25, 0.3) is 0 Å². The number of hydrogen-bond donors (Lipinski definition) is 1. The number of hydrogen-bond acceptors (Lipinski definition) is 5. The number of esters is 1. The molecule has 2 unspecified atom stereocenters. The molecule has 1 N–H and O–H groups in total. The molecule has 198 valence electrons. The van der Waals surface area contributed by atoms with Gasteiger partial charge in [0.05, 0.1) is 17.2 Å². The average molecular weight is 558 g/mol. The molecule has 0 aliphatic rings. The molecule has 2 aromatic carbocycles. The van der Waals surface area contributed by atoms with Gasteiger partial charge in [-0.2, -0.15) is 13.2 Å². The maximum atomic E-state index is 14.3. The Bertz CT molecular complexity index is 1360. The van der Waals surface area contributed by atoms with E-state index in [-0.39, 0.29) is 44.8 Å². The van der Waals surface area contributed by atoms with Crippen LogP contribution in [0.1, 0.15) is 46.8 Å². The first-order valence-corrected chi connectivity index (χ1v) is 11.9. The predicted molar refractivity (Wildman–Crippen MR) is 134 cm³/mol. The topological polar surface area (TPSA) is 77.8 Å². The van der Waals surface area contributed by atoms with Gasteiger partial charge in [0.15, 0.2) is 5.60 Å². The number of carbonyl (C=O) groups excluding carboxylic acids is 1. The van der Waals surface area contributed by atoms with Gasteiger partial charge in [-0.05, 0) is 55.8 Å². The Kier molecular flexibility index (Phi) is 8.31. The molecule has 6 nitrogen and oxygen atoms in total. The molecule has 1 aromatic heterocycles. The van der Waals surface area contributed by atoms with Gasteiger partial charge in [0.1, 0.15) is 11.5 Å². The Hall–Kier alpha value is -3.01. The quantitative estimate of drug-likeness (QED) is 0.334. The molecule has 0 amide bonds. The first-order valence-electron chi connectivity index (χ1n) is 11.1. The highest BCUT2D eigenvalue weighted by atomic mass is 35.5. The lowest BCUT2D eigenvalue weighted by atomic mass is 9.78. The number of rotatable bonds is 7. The minimum Gasteiger partial charge on any atom is -0.462 e. The van der Waals surface area contributed by atoms with Gasteiger partial charge in [0.2, 0.25) is 0 Å². The summed E-state index contributed by atoms with van der Waals surface area (Å²) in [4.78, 5) is 24.1. The zero-order valence-corrected chi connectivity index (χ0v) is 21.8. The van der Waals surface area contributed by atoms with Crippen molar-refractivity contribution < 1.29 is 32.5 Å². The van der Waals surface area contributed by atoms with E-state index in [1.807, 2.05) is 0 Å². The van der Waals surface area contributed by atoms with Gasteiger partial charge in [0, 0.05) is 35.3 Å². The Morgan fingerprint density at radius 3 is 2.27 bits per heavy atom. The first-order chi connectivity index (χ1) is 17.2. The van der Waals surface area contributed by atoms with Crippen LogP contribution in [0.2, 0.25) is 10.0 Å². The Balaban J connectivity index is 1.98. The molecule has 3 aromatic rings. The lowest BCUT2D eigenvalue weighted by molar-refractivity contribution is -0.274. The van der Waals surface area contributed by atoms with Crippen molar-refractivity contribution in [3.05, 3.63) is 91.3 Å². The molecule has 0 aliphatic heterocycles. The van der Waals surface area contributed by atoms with Gasteiger partial charge in [-0.15, -0.1) is 0 Å². The normalized spacial score (nSPS) is 14.1. The molecule has 0 saturated carbocycles. The van der Waals surface area contributed by atoms with Crippen LogP contribution in [0.4, 0.5) is 13.2 Å². The van der Waals surface area contributed by atoms with Crippen molar-refractivity contribution in [2.75, 3.05) is 6.61 Å². The molecule has 1 heterocycles. The largest absolute Gasteiger partial charge is 0.462 e. The molecule has 3 rings (SSSR count). The molecule has 0 aliphatic carbocycles. The number of benzene rings is 2. The number of aromatic nitrogens is 1. The maximum absolute atomic E-state index is 14.3. The summed E-state index contributed by atoms with van der Waals surface area (Å²) in [5.41, 5.74) is -4.18. The van der Waals surface area contributed by atoms with Crippen molar-refractivity contribution in [3.8, 4) is 11.5 Å². The van der Waals surface area contributed by atoms with Crippen LogP contribution in [-0.2, 0) is 17.4 Å². The lowest BCUT2D eigenvalue weighted by Crippen LogP contribution is -2.47. The van der Waals surface area contributed by atoms with E-state index >= 15 is 0 Å². The third kappa shape index (κ3) is 5.63. The highest BCUT2D eigenvalue weighted by Crippen LogP contribution is 2.50. The minimum atomic E-state index is -5.10. The number of nitrogens with zero attached hydrogens (tertiary/aromatic N) is 1. The number of pyridine rings is 1. The zero-order valence-electron chi connectivity index (χ0n) is 20.3. The van der Waals surface area contributed by atoms with Crippen LogP contribution < -0.4 is 10.3 Å². The molecular formula is C26H24Cl2F3NO5.